The van der Waals surface area contributed by atoms with Crippen LogP contribution in [0.5, 0.6) is 11.5 Å². The van der Waals surface area contributed by atoms with Gasteiger partial charge >= 0.3 is 6.09 Å². The fraction of sp³-hybridized carbons (Fsp3) is 0.333. The SMILES string of the molecule is COc1cc2ncnc(-c3cn(C)nc3-c3ccccc3)c2cc1OC(=O)N1CCN(C)CC1(C)C. The quantitative estimate of drug-likeness (QED) is 0.427. The summed E-state index contributed by atoms with van der Waals surface area (Å²) in [4.78, 5) is 26.3. The van der Waals surface area contributed by atoms with Crippen molar-refractivity contribution >= 4 is 17.0 Å². The van der Waals surface area contributed by atoms with Crippen LogP contribution in [0.3, 0.4) is 0 Å². The third kappa shape index (κ3) is 4.37. The molecule has 0 radical (unpaired) electrons. The number of benzene rings is 2. The van der Waals surface area contributed by atoms with Crippen molar-refractivity contribution in [1.29, 1.82) is 0 Å². The molecule has 0 spiro atoms. The number of methoxy groups -OCH3 is 1. The number of aryl methyl sites for hydroxylation is 1. The van der Waals surface area contributed by atoms with Crippen molar-refractivity contribution in [3.8, 4) is 34.0 Å². The molecule has 2 aromatic heterocycles. The topological polar surface area (TPSA) is 85.6 Å². The van der Waals surface area contributed by atoms with Gasteiger partial charge in [0, 0.05) is 55.5 Å². The van der Waals surface area contributed by atoms with Gasteiger partial charge in [0.15, 0.2) is 11.5 Å². The Morgan fingerprint density at radius 1 is 1.00 bits per heavy atom. The van der Waals surface area contributed by atoms with Crippen LogP contribution in [0.25, 0.3) is 33.4 Å². The number of likely N-dealkylation sites (N-methyl/N-ethyl adjacent to an activating group) is 1. The number of hydrogen-bond donors (Lipinski definition) is 0. The summed E-state index contributed by atoms with van der Waals surface area (Å²) < 4.78 is 13.3. The van der Waals surface area contributed by atoms with Crippen LogP contribution in [-0.4, -0.2) is 75.0 Å². The summed E-state index contributed by atoms with van der Waals surface area (Å²) in [6.07, 6.45) is 3.06. The maximum Gasteiger partial charge on any atom is 0.415 e. The highest BCUT2D eigenvalue weighted by Gasteiger charge is 2.37. The predicted octanol–water partition coefficient (Wildman–Crippen LogP) is 4.23. The van der Waals surface area contributed by atoms with Crippen LogP contribution in [0.2, 0.25) is 0 Å². The van der Waals surface area contributed by atoms with E-state index in [2.05, 4.69) is 27.0 Å². The van der Waals surface area contributed by atoms with E-state index in [1.165, 1.54) is 6.33 Å². The van der Waals surface area contributed by atoms with Crippen molar-refractivity contribution in [1.82, 2.24) is 29.5 Å². The van der Waals surface area contributed by atoms with Crippen LogP contribution in [-0.2, 0) is 7.05 Å². The molecule has 1 aliphatic heterocycles. The largest absolute Gasteiger partial charge is 0.493 e. The summed E-state index contributed by atoms with van der Waals surface area (Å²) in [6, 6.07) is 13.5. The van der Waals surface area contributed by atoms with Crippen LogP contribution >= 0.6 is 0 Å². The summed E-state index contributed by atoms with van der Waals surface area (Å²) in [5.41, 5.74) is 3.68. The second kappa shape index (κ2) is 9.23. The first kappa shape index (κ1) is 23.7. The lowest BCUT2D eigenvalue weighted by atomic mass is 10.00. The zero-order valence-corrected chi connectivity index (χ0v) is 21.2. The van der Waals surface area contributed by atoms with Crippen molar-refractivity contribution in [2.24, 2.45) is 7.05 Å². The predicted molar refractivity (Wildman–Crippen MR) is 138 cm³/mol. The van der Waals surface area contributed by atoms with Crippen molar-refractivity contribution in [3.63, 3.8) is 0 Å². The lowest BCUT2D eigenvalue weighted by molar-refractivity contribution is 0.0392. The highest BCUT2D eigenvalue weighted by atomic mass is 16.6. The monoisotopic (exact) mass is 486 g/mol. The Balaban J connectivity index is 1.58. The van der Waals surface area contributed by atoms with Crippen LogP contribution in [0, 0.1) is 0 Å². The van der Waals surface area contributed by atoms with Gasteiger partial charge in [0.1, 0.15) is 12.0 Å². The van der Waals surface area contributed by atoms with Gasteiger partial charge in [-0.3, -0.25) is 4.68 Å². The average Bonchev–Trinajstić information content (AvgIpc) is 3.24. The molecule has 1 amide bonds. The van der Waals surface area contributed by atoms with Crippen molar-refractivity contribution in [2.45, 2.75) is 19.4 Å². The highest BCUT2D eigenvalue weighted by molar-refractivity contribution is 5.97. The number of carbonyl (C=O) groups is 1. The number of hydrogen-bond acceptors (Lipinski definition) is 7. The van der Waals surface area contributed by atoms with Gasteiger partial charge in [0.05, 0.1) is 23.9 Å². The van der Waals surface area contributed by atoms with Gasteiger partial charge in [0.25, 0.3) is 0 Å². The number of nitrogens with zero attached hydrogens (tertiary/aromatic N) is 6. The molecule has 4 aromatic rings. The van der Waals surface area contributed by atoms with Crippen LogP contribution in [0.1, 0.15) is 13.8 Å². The molecule has 0 saturated carbocycles. The molecule has 1 aliphatic rings. The normalized spacial score (nSPS) is 15.8. The third-order valence-corrected chi connectivity index (χ3v) is 6.56. The van der Waals surface area contributed by atoms with Crippen LogP contribution < -0.4 is 9.47 Å². The molecule has 3 heterocycles. The van der Waals surface area contributed by atoms with E-state index in [-0.39, 0.29) is 5.54 Å². The zero-order chi connectivity index (χ0) is 25.4. The van der Waals surface area contributed by atoms with E-state index in [1.54, 1.807) is 28.8 Å². The Hall–Kier alpha value is -3.98. The third-order valence-electron chi connectivity index (χ3n) is 6.56. The molecular formula is C27H30N6O3. The molecule has 0 unspecified atom stereocenters. The lowest BCUT2D eigenvalue weighted by Gasteiger charge is -2.45. The van der Waals surface area contributed by atoms with Crippen LogP contribution in [0.15, 0.2) is 55.0 Å². The summed E-state index contributed by atoms with van der Waals surface area (Å²) in [7, 11) is 5.49. The highest BCUT2D eigenvalue weighted by Crippen LogP contribution is 2.38. The van der Waals surface area contributed by atoms with Crippen molar-refractivity contribution < 1.29 is 14.3 Å². The van der Waals surface area contributed by atoms with Gasteiger partial charge in [-0.1, -0.05) is 30.3 Å². The van der Waals surface area contributed by atoms with E-state index in [0.29, 0.717) is 29.3 Å². The Morgan fingerprint density at radius 2 is 1.78 bits per heavy atom. The average molecular weight is 487 g/mol. The maximum atomic E-state index is 13.3. The summed E-state index contributed by atoms with van der Waals surface area (Å²) in [6.45, 7) is 6.22. The minimum absolute atomic E-state index is 0.325. The number of rotatable bonds is 4. The first-order valence-electron chi connectivity index (χ1n) is 11.9. The molecule has 186 valence electrons. The summed E-state index contributed by atoms with van der Waals surface area (Å²) >= 11 is 0. The van der Waals surface area contributed by atoms with Gasteiger partial charge < -0.3 is 19.3 Å². The Bertz CT molecular complexity index is 1420. The molecule has 36 heavy (non-hydrogen) atoms. The van der Waals surface area contributed by atoms with E-state index >= 15 is 0 Å². The molecule has 0 atom stereocenters. The van der Waals surface area contributed by atoms with E-state index in [9.17, 15) is 4.79 Å². The van der Waals surface area contributed by atoms with E-state index in [4.69, 9.17) is 9.47 Å². The minimum atomic E-state index is -0.407. The molecule has 0 bridgehead atoms. The molecule has 9 heteroatoms. The molecule has 0 aliphatic carbocycles. The van der Waals surface area contributed by atoms with Gasteiger partial charge in [-0.2, -0.15) is 5.10 Å². The number of fused-ring (bicyclic) bond motifs is 1. The lowest BCUT2D eigenvalue weighted by Crippen LogP contribution is -2.60. The van der Waals surface area contributed by atoms with Gasteiger partial charge in [-0.25, -0.2) is 14.8 Å². The number of carbonyl (C=O) groups excluding carboxylic acids is 1. The standard InChI is InChI=1S/C27H30N6O3/c1-27(2)16-31(3)11-12-33(27)26(34)36-23-13-19-21(14-22(23)35-5)28-17-29-25(19)20-15-32(4)30-24(20)18-9-7-6-8-10-18/h6-10,13-15,17H,11-12,16H2,1-5H3. The Morgan fingerprint density at radius 3 is 2.50 bits per heavy atom. The number of aromatic nitrogens is 4. The minimum Gasteiger partial charge on any atom is -0.493 e. The fourth-order valence-corrected chi connectivity index (χ4v) is 4.87. The summed E-state index contributed by atoms with van der Waals surface area (Å²) in [5, 5.41) is 5.43. The second-order valence-electron chi connectivity index (χ2n) is 9.74. The first-order valence-corrected chi connectivity index (χ1v) is 11.9. The van der Waals surface area contributed by atoms with Gasteiger partial charge in [-0.15, -0.1) is 0 Å². The maximum absolute atomic E-state index is 13.3. The molecule has 1 saturated heterocycles. The number of piperazine rings is 1. The van der Waals surface area contributed by atoms with Gasteiger partial charge in [0.2, 0.25) is 0 Å². The molecule has 1 fully saturated rings. The Labute approximate surface area is 210 Å². The van der Waals surface area contributed by atoms with E-state index in [0.717, 1.165) is 35.3 Å². The van der Waals surface area contributed by atoms with Crippen LogP contribution in [0.4, 0.5) is 4.79 Å². The fourth-order valence-electron chi connectivity index (χ4n) is 4.87. The second-order valence-corrected chi connectivity index (χ2v) is 9.74. The molecular weight excluding hydrogens is 456 g/mol. The number of amides is 1. The van der Waals surface area contributed by atoms with Crippen molar-refractivity contribution in [2.75, 3.05) is 33.8 Å². The molecule has 0 N–H and O–H groups in total. The van der Waals surface area contributed by atoms with E-state index in [1.807, 2.05) is 57.4 Å². The molecule has 5 rings (SSSR count). The number of ether oxygens (including phenoxy) is 2. The van der Waals surface area contributed by atoms with Crippen molar-refractivity contribution in [3.05, 3.63) is 55.0 Å². The molecule has 2 aromatic carbocycles. The van der Waals surface area contributed by atoms with E-state index < -0.39 is 6.09 Å². The molecule has 9 nitrogen and oxygen atoms in total. The summed E-state index contributed by atoms with van der Waals surface area (Å²) in [5.74, 6) is 0.757. The van der Waals surface area contributed by atoms with Gasteiger partial charge in [-0.05, 0) is 27.0 Å². The smallest absolute Gasteiger partial charge is 0.415 e. The zero-order valence-electron chi connectivity index (χ0n) is 21.2. The first-order chi connectivity index (χ1) is 17.3. The Kier molecular flexibility index (Phi) is 6.09.